The number of nitrogens with one attached hydrogen (secondary N) is 1. The van der Waals surface area contributed by atoms with E-state index < -0.39 is 17.8 Å². The molecule has 112 valence electrons. The second-order valence-corrected chi connectivity index (χ2v) is 5.24. The van der Waals surface area contributed by atoms with E-state index in [0.717, 1.165) is 0 Å². The van der Waals surface area contributed by atoms with Crippen LogP contribution in [0, 0.1) is 11.8 Å². The first kappa shape index (κ1) is 15.4. The molecule has 0 heterocycles. The lowest BCUT2D eigenvalue weighted by Crippen LogP contribution is -2.34. The van der Waals surface area contributed by atoms with E-state index in [0.29, 0.717) is 29.3 Å². The Morgan fingerprint density at radius 1 is 1.29 bits per heavy atom. The predicted molar refractivity (Wildman–Crippen MR) is 79.6 cm³/mol. The number of ether oxygens (including phenoxy) is 1. The standard InChI is InChI=1S/C15H16ClNO4/c1-21-13-7-6-9(8-12(13)16)17-14(18)10-4-2-3-5-11(10)15(19)20/h2-3,6-8,10-11H,4-5H2,1H3,(H,17,18)(H,19,20). The van der Waals surface area contributed by atoms with E-state index >= 15 is 0 Å². The van der Waals surface area contributed by atoms with Crippen molar-refractivity contribution in [1.29, 1.82) is 0 Å². The summed E-state index contributed by atoms with van der Waals surface area (Å²) in [6, 6.07) is 4.89. The van der Waals surface area contributed by atoms with Gasteiger partial charge >= 0.3 is 5.97 Å². The molecule has 0 bridgehead atoms. The van der Waals surface area contributed by atoms with Crippen LogP contribution in [0.15, 0.2) is 30.4 Å². The fourth-order valence-corrected chi connectivity index (χ4v) is 2.61. The van der Waals surface area contributed by atoms with Gasteiger partial charge in [0.2, 0.25) is 5.91 Å². The number of halogens is 1. The van der Waals surface area contributed by atoms with Gasteiger partial charge in [-0.15, -0.1) is 0 Å². The summed E-state index contributed by atoms with van der Waals surface area (Å²) in [5.74, 6) is -2.02. The number of hydrogen-bond donors (Lipinski definition) is 2. The highest BCUT2D eigenvalue weighted by molar-refractivity contribution is 6.32. The van der Waals surface area contributed by atoms with E-state index in [1.54, 1.807) is 24.3 Å². The van der Waals surface area contributed by atoms with Crippen LogP contribution in [-0.2, 0) is 9.59 Å². The number of allylic oxidation sites excluding steroid dienone is 2. The zero-order valence-corrected chi connectivity index (χ0v) is 12.3. The number of anilines is 1. The molecular weight excluding hydrogens is 294 g/mol. The summed E-state index contributed by atoms with van der Waals surface area (Å²) in [7, 11) is 1.51. The zero-order chi connectivity index (χ0) is 15.4. The summed E-state index contributed by atoms with van der Waals surface area (Å²) in [4.78, 5) is 23.5. The monoisotopic (exact) mass is 309 g/mol. The van der Waals surface area contributed by atoms with Gasteiger partial charge in [-0.3, -0.25) is 9.59 Å². The van der Waals surface area contributed by atoms with Gasteiger partial charge in [0.25, 0.3) is 0 Å². The van der Waals surface area contributed by atoms with Crippen molar-refractivity contribution in [2.45, 2.75) is 12.8 Å². The van der Waals surface area contributed by atoms with Crippen LogP contribution in [0.25, 0.3) is 0 Å². The first-order chi connectivity index (χ1) is 10.0. The van der Waals surface area contributed by atoms with Crippen molar-refractivity contribution in [1.82, 2.24) is 0 Å². The summed E-state index contributed by atoms with van der Waals surface area (Å²) in [5, 5.41) is 12.3. The van der Waals surface area contributed by atoms with Gasteiger partial charge in [0, 0.05) is 5.69 Å². The summed E-state index contributed by atoms with van der Waals surface area (Å²) >= 11 is 6.00. The van der Waals surface area contributed by atoms with E-state index in [4.69, 9.17) is 16.3 Å². The number of methoxy groups -OCH3 is 1. The van der Waals surface area contributed by atoms with Gasteiger partial charge in [0.15, 0.2) is 0 Å². The Morgan fingerprint density at radius 2 is 1.95 bits per heavy atom. The highest BCUT2D eigenvalue weighted by Gasteiger charge is 2.33. The number of carboxylic acids is 1. The summed E-state index contributed by atoms with van der Waals surface area (Å²) < 4.78 is 5.04. The molecule has 0 radical (unpaired) electrons. The lowest BCUT2D eigenvalue weighted by molar-refractivity contribution is -0.146. The molecule has 5 nitrogen and oxygen atoms in total. The molecular formula is C15H16ClNO4. The lowest BCUT2D eigenvalue weighted by atomic mass is 9.82. The Bertz CT molecular complexity index is 585. The molecule has 6 heteroatoms. The van der Waals surface area contributed by atoms with Crippen molar-refractivity contribution < 1.29 is 19.4 Å². The average molecular weight is 310 g/mol. The van der Waals surface area contributed by atoms with Crippen molar-refractivity contribution in [2.24, 2.45) is 11.8 Å². The van der Waals surface area contributed by atoms with Gasteiger partial charge in [-0.05, 0) is 31.0 Å². The second-order valence-electron chi connectivity index (χ2n) is 4.83. The van der Waals surface area contributed by atoms with Crippen molar-refractivity contribution in [3.8, 4) is 5.75 Å². The molecule has 21 heavy (non-hydrogen) atoms. The van der Waals surface area contributed by atoms with Crippen LogP contribution >= 0.6 is 11.6 Å². The SMILES string of the molecule is COc1ccc(NC(=O)C2CC=CCC2C(=O)O)cc1Cl. The largest absolute Gasteiger partial charge is 0.495 e. The molecule has 1 amide bonds. The molecule has 2 unspecified atom stereocenters. The van der Waals surface area contributed by atoms with Crippen LogP contribution in [0.1, 0.15) is 12.8 Å². The Hall–Kier alpha value is -2.01. The van der Waals surface area contributed by atoms with Crippen LogP contribution in [-0.4, -0.2) is 24.1 Å². The number of hydrogen-bond acceptors (Lipinski definition) is 3. The topological polar surface area (TPSA) is 75.6 Å². The maximum absolute atomic E-state index is 12.3. The van der Waals surface area contributed by atoms with Crippen LogP contribution in [0.4, 0.5) is 5.69 Å². The quantitative estimate of drug-likeness (QED) is 0.838. The maximum atomic E-state index is 12.3. The molecule has 2 atom stereocenters. The zero-order valence-electron chi connectivity index (χ0n) is 11.5. The third kappa shape index (κ3) is 3.55. The lowest BCUT2D eigenvalue weighted by Gasteiger charge is -2.24. The van der Waals surface area contributed by atoms with E-state index in [-0.39, 0.29) is 5.91 Å². The van der Waals surface area contributed by atoms with E-state index in [2.05, 4.69) is 5.32 Å². The second kappa shape index (κ2) is 6.63. The number of carboxylic acid groups (broad SMARTS) is 1. The highest BCUT2D eigenvalue weighted by atomic mass is 35.5. The van der Waals surface area contributed by atoms with Crippen LogP contribution in [0.3, 0.4) is 0 Å². The van der Waals surface area contributed by atoms with E-state index in [1.807, 2.05) is 6.08 Å². The third-order valence-corrected chi connectivity index (χ3v) is 3.80. The highest BCUT2D eigenvalue weighted by Crippen LogP contribution is 2.30. The van der Waals surface area contributed by atoms with Crippen LogP contribution < -0.4 is 10.1 Å². The normalized spacial score (nSPS) is 20.9. The Morgan fingerprint density at radius 3 is 2.52 bits per heavy atom. The Balaban J connectivity index is 2.11. The van der Waals surface area contributed by atoms with Crippen molar-refractivity contribution in [3.63, 3.8) is 0 Å². The fourth-order valence-electron chi connectivity index (χ4n) is 2.36. The third-order valence-electron chi connectivity index (χ3n) is 3.51. The molecule has 2 N–H and O–H groups in total. The minimum atomic E-state index is -0.952. The summed E-state index contributed by atoms with van der Waals surface area (Å²) in [6.45, 7) is 0. The van der Waals surface area contributed by atoms with Crippen LogP contribution in [0.5, 0.6) is 5.75 Å². The Kier molecular flexibility index (Phi) is 4.85. The molecule has 0 saturated carbocycles. The molecule has 0 fully saturated rings. The van der Waals surface area contributed by atoms with E-state index in [1.165, 1.54) is 7.11 Å². The number of carbonyl (C=O) groups excluding carboxylic acids is 1. The summed E-state index contributed by atoms with van der Waals surface area (Å²) in [5.41, 5.74) is 0.518. The van der Waals surface area contributed by atoms with Gasteiger partial charge in [0.1, 0.15) is 5.75 Å². The molecule has 1 aromatic carbocycles. The first-order valence-electron chi connectivity index (χ1n) is 6.55. The number of carbonyl (C=O) groups is 2. The number of rotatable bonds is 4. The Labute approximate surface area is 127 Å². The number of benzene rings is 1. The van der Waals surface area contributed by atoms with Gasteiger partial charge in [-0.25, -0.2) is 0 Å². The molecule has 1 aliphatic rings. The number of aliphatic carboxylic acids is 1. The van der Waals surface area contributed by atoms with Crippen molar-refractivity contribution in [3.05, 3.63) is 35.4 Å². The molecule has 1 aliphatic carbocycles. The molecule has 0 saturated heterocycles. The smallest absolute Gasteiger partial charge is 0.307 e. The van der Waals surface area contributed by atoms with Gasteiger partial charge in [-0.1, -0.05) is 23.8 Å². The maximum Gasteiger partial charge on any atom is 0.307 e. The van der Waals surface area contributed by atoms with Crippen LogP contribution in [0.2, 0.25) is 5.02 Å². The molecule has 1 aromatic rings. The molecule has 0 aromatic heterocycles. The average Bonchev–Trinajstić information content (AvgIpc) is 2.47. The minimum absolute atomic E-state index is 0.312. The predicted octanol–water partition coefficient (Wildman–Crippen LogP) is 2.95. The minimum Gasteiger partial charge on any atom is -0.495 e. The summed E-state index contributed by atoms with van der Waals surface area (Å²) in [6.07, 6.45) is 4.43. The first-order valence-corrected chi connectivity index (χ1v) is 6.93. The number of amides is 1. The fraction of sp³-hybridized carbons (Fsp3) is 0.333. The van der Waals surface area contributed by atoms with Gasteiger partial charge in [-0.2, -0.15) is 0 Å². The molecule has 2 rings (SSSR count). The van der Waals surface area contributed by atoms with Crippen molar-refractivity contribution in [2.75, 3.05) is 12.4 Å². The molecule has 0 spiro atoms. The van der Waals surface area contributed by atoms with Gasteiger partial charge < -0.3 is 15.2 Å². The molecule has 0 aliphatic heterocycles. The van der Waals surface area contributed by atoms with Crippen molar-refractivity contribution >= 4 is 29.2 Å². The van der Waals surface area contributed by atoms with E-state index in [9.17, 15) is 14.7 Å². The van der Waals surface area contributed by atoms with Gasteiger partial charge in [0.05, 0.1) is 24.0 Å².